The summed E-state index contributed by atoms with van der Waals surface area (Å²) in [5.41, 5.74) is 20.1. The first-order valence-corrected chi connectivity index (χ1v) is 23.8. The van der Waals surface area contributed by atoms with Crippen molar-refractivity contribution in [2.24, 2.45) is 0 Å². The number of rotatable bonds is 3. The van der Waals surface area contributed by atoms with Crippen LogP contribution >= 0.6 is 0 Å². The molecule has 0 fully saturated rings. The lowest BCUT2D eigenvalue weighted by Crippen LogP contribution is -2.59. The Morgan fingerprint density at radius 3 is 1.11 bits per heavy atom. The Labute approximate surface area is 388 Å². The lowest BCUT2D eigenvalue weighted by molar-refractivity contribution is 0.0939. The predicted octanol–water partition coefficient (Wildman–Crippen LogP) is 15.7. The van der Waals surface area contributed by atoms with E-state index in [1.54, 1.807) is 0 Å². The van der Waals surface area contributed by atoms with Gasteiger partial charge in [-0.1, -0.05) is 217 Å². The minimum atomic E-state index is -0.821. The Kier molecular flexibility index (Phi) is 9.41. The third kappa shape index (κ3) is 6.22. The lowest BCUT2D eigenvalue weighted by Gasteiger charge is -2.62. The number of benzene rings is 7. The van der Waals surface area contributed by atoms with E-state index in [1.165, 1.54) is 89.0 Å². The molecule has 0 saturated carbocycles. The lowest BCUT2D eigenvalue weighted by atomic mass is 9.38. The van der Waals surface area contributed by atoms with Gasteiger partial charge in [0, 0.05) is 5.56 Å². The smallest absolute Gasteiger partial charge is 0.251 e. The highest BCUT2D eigenvalue weighted by Gasteiger charge is 2.67. The third-order valence-corrected chi connectivity index (χ3v) is 15.3. The van der Waals surface area contributed by atoms with Crippen molar-refractivity contribution in [2.75, 3.05) is 0 Å². The van der Waals surface area contributed by atoms with Gasteiger partial charge in [-0.25, -0.2) is 0 Å². The molecule has 3 aliphatic rings. The Hall–Kier alpha value is -5.99. The molecule has 7 aromatic rings. The fraction of sp³-hybridized carbons (Fsp3) is 0.317. The molecule has 0 aliphatic heterocycles. The molecule has 10 rings (SSSR count). The summed E-state index contributed by atoms with van der Waals surface area (Å²) in [5.74, 6) is -0.0743. The number of amides is 1. The van der Waals surface area contributed by atoms with Gasteiger partial charge in [0.25, 0.3) is 5.91 Å². The highest BCUT2D eigenvalue weighted by atomic mass is 16.1. The Bertz CT molecular complexity index is 2950. The first kappa shape index (κ1) is 42.9. The average molecular weight is 852 g/mol. The predicted molar refractivity (Wildman–Crippen MR) is 273 cm³/mol. The second-order valence-electron chi connectivity index (χ2n) is 23.5. The molecule has 7 aromatic carbocycles. The standard InChI is InChI=1S/C63H65NO/c1-38(39-19-15-14-16-20-39)64-57(65)40-23-28-46-45-21-17-18-22-51(45)62-53-34-41(58(2,3)4)24-29-47(53)49-31-26-43(60(8,9)10)36-55(49)63(62,52(46)33-40)56-37-44(61(11,12)13)27-32-50(56)48-30-25-42(35-54(48)62)59(5,6)7/h14-38H,1-13H3,(H,64,65)/t38-,62?,63?/m1/s1. The fourth-order valence-corrected chi connectivity index (χ4v) is 11.7. The van der Waals surface area contributed by atoms with Crippen molar-refractivity contribution in [1.82, 2.24) is 5.32 Å². The number of carbonyl (C=O) groups excluding carboxylic acids is 1. The molecular formula is C63H65NO. The maximum absolute atomic E-state index is 14.9. The average Bonchev–Trinajstić information content (AvgIpc) is 3.27. The Balaban J connectivity index is 1.47. The summed E-state index contributed by atoms with van der Waals surface area (Å²) in [7, 11) is 0. The first-order chi connectivity index (χ1) is 30.6. The van der Waals surface area contributed by atoms with E-state index < -0.39 is 10.8 Å². The van der Waals surface area contributed by atoms with E-state index in [9.17, 15) is 4.79 Å². The molecule has 0 saturated heterocycles. The third-order valence-electron chi connectivity index (χ3n) is 15.3. The van der Waals surface area contributed by atoms with Crippen molar-refractivity contribution in [2.45, 2.75) is 129 Å². The van der Waals surface area contributed by atoms with Gasteiger partial charge in [-0.3, -0.25) is 4.79 Å². The van der Waals surface area contributed by atoms with Gasteiger partial charge >= 0.3 is 0 Å². The van der Waals surface area contributed by atoms with Gasteiger partial charge < -0.3 is 5.32 Å². The van der Waals surface area contributed by atoms with Gasteiger partial charge in [0.15, 0.2) is 0 Å². The zero-order chi connectivity index (χ0) is 46.2. The number of carbonyl (C=O) groups is 1. The molecule has 0 radical (unpaired) electrons. The van der Waals surface area contributed by atoms with Crippen LogP contribution in [0.15, 0.2) is 146 Å². The van der Waals surface area contributed by atoms with E-state index in [2.05, 4.69) is 223 Å². The van der Waals surface area contributed by atoms with Crippen LogP contribution in [0.4, 0.5) is 0 Å². The number of hydrogen-bond acceptors (Lipinski definition) is 1. The number of nitrogens with one attached hydrogen (secondary N) is 1. The quantitative estimate of drug-likeness (QED) is 0.189. The Morgan fingerprint density at radius 2 is 0.708 bits per heavy atom. The van der Waals surface area contributed by atoms with Crippen LogP contribution in [0.25, 0.3) is 33.4 Å². The monoisotopic (exact) mass is 852 g/mol. The molecule has 0 spiro atoms. The van der Waals surface area contributed by atoms with Gasteiger partial charge in [-0.15, -0.1) is 0 Å². The van der Waals surface area contributed by atoms with Crippen LogP contribution < -0.4 is 5.32 Å². The van der Waals surface area contributed by atoms with Crippen molar-refractivity contribution in [3.8, 4) is 33.4 Å². The maximum Gasteiger partial charge on any atom is 0.251 e. The minimum Gasteiger partial charge on any atom is -0.346 e. The largest absolute Gasteiger partial charge is 0.346 e. The molecule has 2 heteroatoms. The molecule has 3 aliphatic carbocycles. The zero-order valence-corrected chi connectivity index (χ0v) is 40.8. The highest BCUT2D eigenvalue weighted by Crippen LogP contribution is 2.74. The van der Waals surface area contributed by atoms with Gasteiger partial charge in [-0.2, -0.15) is 0 Å². The second kappa shape index (κ2) is 14.3. The van der Waals surface area contributed by atoms with Crippen LogP contribution in [0, 0.1) is 0 Å². The van der Waals surface area contributed by atoms with E-state index >= 15 is 0 Å². The second-order valence-corrected chi connectivity index (χ2v) is 23.5. The van der Waals surface area contributed by atoms with E-state index in [1.807, 2.05) is 18.2 Å². The summed E-state index contributed by atoms with van der Waals surface area (Å²) in [4.78, 5) is 14.9. The topological polar surface area (TPSA) is 29.1 Å². The molecule has 1 atom stereocenters. The molecule has 65 heavy (non-hydrogen) atoms. The summed E-state index contributed by atoms with van der Waals surface area (Å²) >= 11 is 0. The van der Waals surface area contributed by atoms with Gasteiger partial charge in [0.2, 0.25) is 0 Å². The fourth-order valence-electron chi connectivity index (χ4n) is 11.7. The number of hydrogen-bond donors (Lipinski definition) is 1. The van der Waals surface area contributed by atoms with Gasteiger partial charge in [-0.05, 0) is 135 Å². The molecule has 1 N–H and O–H groups in total. The van der Waals surface area contributed by atoms with Crippen LogP contribution in [0.3, 0.4) is 0 Å². The minimum absolute atomic E-state index is 0.0743. The molecule has 2 nitrogen and oxygen atoms in total. The highest BCUT2D eigenvalue weighted by molar-refractivity contribution is 6.01. The van der Waals surface area contributed by atoms with E-state index in [4.69, 9.17) is 0 Å². The summed E-state index contributed by atoms with van der Waals surface area (Å²) in [6, 6.07) is 55.5. The van der Waals surface area contributed by atoms with Gasteiger partial charge in [0.1, 0.15) is 0 Å². The first-order valence-electron chi connectivity index (χ1n) is 23.8. The van der Waals surface area contributed by atoms with E-state index in [-0.39, 0.29) is 33.6 Å². The summed E-state index contributed by atoms with van der Waals surface area (Å²) < 4.78 is 0. The normalized spacial score (nSPS) is 18.7. The van der Waals surface area contributed by atoms with Crippen molar-refractivity contribution in [3.05, 3.63) is 212 Å². The van der Waals surface area contributed by atoms with Crippen LogP contribution in [0.5, 0.6) is 0 Å². The number of fused-ring (bicyclic) bond motifs is 9. The van der Waals surface area contributed by atoms with Gasteiger partial charge in [0.05, 0.1) is 16.9 Å². The van der Waals surface area contributed by atoms with E-state index in [0.717, 1.165) is 5.56 Å². The van der Waals surface area contributed by atoms with Crippen LogP contribution in [0.1, 0.15) is 168 Å². The molecular weight excluding hydrogens is 787 g/mol. The van der Waals surface area contributed by atoms with Crippen LogP contribution in [-0.4, -0.2) is 5.91 Å². The maximum atomic E-state index is 14.9. The molecule has 0 heterocycles. The van der Waals surface area contributed by atoms with Crippen molar-refractivity contribution in [3.63, 3.8) is 0 Å². The zero-order valence-electron chi connectivity index (χ0n) is 40.8. The summed E-state index contributed by atoms with van der Waals surface area (Å²) in [6.45, 7) is 30.2. The summed E-state index contributed by atoms with van der Waals surface area (Å²) in [5, 5.41) is 3.42. The molecule has 0 aromatic heterocycles. The van der Waals surface area contributed by atoms with E-state index in [0.29, 0.717) is 5.56 Å². The van der Waals surface area contributed by atoms with Crippen LogP contribution in [-0.2, 0) is 32.5 Å². The molecule has 1 amide bonds. The van der Waals surface area contributed by atoms with Crippen molar-refractivity contribution >= 4 is 5.91 Å². The molecule has 0 unspecified atom stereocenters. The van der Waals surface area contributed by atoms with Crippen LogP contribution in [0.2, 0.25) is 0 Å². The molecule has 328 valence electrons. The Morgan fingerprint density at radius 1 is 0.385 bits per heavy atom. The van der Waals surface area contributed by atoms with Crippen molar-refractivity contribution in [1.29, 1.82) is 0 Å². The molecule has 0 bridgehead atoms. The SMILES string of the molecule is C[C@@H](NC(=O)c1ccc2c(c1)C13c4cc(C(C)(C)C)ccc4-c4ccc(C(C)(C)C)cc4C1(c1ccccc1-2)c1cc(C(C)(C)C)ccc1-c1ccc(C(C)(C)C)cc13)c1ccccc1. The van der Waals surface area contributed by atoms with Crippen molar-refractivity contribution < 1.29 is 4.79 Å². The summed E-state index contributed by atoms with van der Waals surface area (Å²) in [6.07, 6.45) is 0.